The van der Waals surface area contributed by atoms with E-state index in [2.05, 4.69) is 6.92 Å². The fourth-order valence-corrected chi connectivity index (χ4v) is 3.42. The Kier molecular flexibility index (Phi) is 9.47. The number of carbonyl (C=O) groups is 2. The van der Waals surface area contributed by atoms with Crippen LogP contribution in [0.25, 0.3) is 0 Å². The van der Waals surface area contributed by atoms with Crippen LogP contribution in [0.2, 0.25) is 0 Å². The van der Waals surface area contributed by atoms with Crippen molar-refractivity contribution < 1.29 is 23.5 Å². The Morgan fingerprint density at radius 1 is 1.24 bits per heavy atom. The number of hydrogen-bond acceptors (Lipinski definition) is 3. The highest BCUT2D eigenvalue weighted by atomic mass is 19.3. The summed E-state index contributed by atoms with van der Waals surface area (Å²) in [6.45, 7) is 3.91. The van der Waals surface area contributed by atoms with Gasteiger partial charge in [0.25, 0.3) is 0 Å². The third-order valence-electron chi connectivity index (χ3n) is 5.07. The van der Waals surface area contributed by atoms with Crippen molar-refractivity contribution in [1.29, 1.82) is 0 Å². The van der Waals surface area contributed by atoms with Gasteiger partial charge in [-0.05, 0) is 31.6 Å². The zero-order chi connectivity index (χ0) is 18.9. The number of Topliss-reactive ketones (excluding diaryl/α,β-unsaturated/α-hetero) is 2. The number of allylic oxidation sites excluding steroid dienone is 2. The number of unbranched alkanes of at least 4 members (excludes halogenated alkanes) is 3. The van der Waals surface area contributed by atoms with Crippen molar-refractivity contribution in [2.75, 3.05) is 0 Å². The van der Waals surface area contributed by atoms with Crippen molar-refractivity contribution in [1.82, 2.24) is 0 Å². The average Bonchev–Trinajstić information content (AvgIpc) is 2.83. The van der Waals surface area contributed by atoms with E-state index in [9.17, 15) is 23.5 Å². The summed E-state index contributed by atoms with van der Waals surface area (Å²) in [6.07, 6.45) is 7.27. The molecule has 0 aromatic rings. The topological polar surface area (TPSA) is 54.4 Å². The molecule has 0 saturated heterocycles. The van der Waals surface area contributed by atoms with E-state index < -0.39 is 30.1 Å². The third kappa shape index (κ3) is 6.96. The van der Waals surface area contributed by atoms with Crippen LogP contribution >= 0.6 is 0 Å². The number of alkyl halides is 2. The van der Waals surface area contributed by atoms with Crippen molar-refractivity contribution in [3.05, 3.63) is 12.2 Å². The zero-order valence-corrected chi connectivity index (χ0v) is 15.5. The number of carbonyl (C=O) groups excluding carboxylic acids is 2. The second kappa shape index (κ2) is 10.8. The summed E-state index contributed by atoms with van der Waals surface area (Å²) in [5.74, 6) is -5.13. The fraction of sp³-hybridized carbons (Fsp3) is 0.800. The van der Waals surface area contributed by atoms with Crippen LogP contribution in [0.4, 0.5) is 8.78 Å². The summed E-state index contributed by atoms with van der Waals surface area (Å²) < 4.78 is 27.6. The zero-order valence-electron chi connectivity index (χ0n) is 15.5. The molecule has 25 heavy (non-hydrogen) atoms. The molecule has 0 aromatic heterocycles. The molecule has 0 radical (unpaired) electrons. The second-order valence-electron chi connectivity index (χ2n) is 7.13. The molecule has 1 fully saturated rings. The Labute approximate surface area is 149 Å². The number of halogens is 2. The van der Waals surface area contributed by atoms with Crippen LogP contribution in [0.1, 0.15) is 78.1 Å². The van der Waals surface area contributed by atoms with E-state index in [0.29, 0.717) is 19.3 Å². The van der Waals surface area contributed by atoms with Crippen molar-refractivity contribution in [2.45, 2.75) is 90.1 Å². The Morgan fingerprint density at radius 2 is 1.92 bits per heavy atom. The molecule has 1 rings (SSSR count). The molecule has 0 amide bonds. The van der Waals surface area contributed by atoms with Gasteiger partial charge in [-0.15, -0.1) is 0 Å². The summed E-state index contributed by atoms with van der Waals surface area (Å²) >= 11 is 0. The lowest BCUT2D eigenvalue weighted by Crippen LogP contribution is -2.30. The van der Waals surface area contributed by atoms with Gasteiger partial charge in [-0.3, -0.25) is 9.59 Å². The van der Waals surface area contributed by atoms with Gasteiger partial charge in [0.2, 0.25) is 5.78 Å². The molecule has 2 unspecified atom stereocenters. The smallest absolute Gasteiger partial charge is 0.305 e. The van der Waals surface area contributed by atoms with Gasteiger partial charge in [-0.25, -0.2) is 0 Å². The van der Waals surface area contributed by atoms with E-state index >= 15 is 0 Å². The lowest BCUT2D eigenvalue weighted by Gasteiger charge is -2.21. The molecule has 0 heterocycles. The van der Waals surface area contributed by atoms with Gasteiger partial charge < -0.3 is 5.11 Å². The van der Waals surface area contributed by atoms with Crippen LogP contribution in [0, 0.1) is 11.8 Å². The summed E-state index contributed by atoms with van der Waals surface area (Å²) in [5, 5.41) is 10.1. The molecule has 5 heteroatoms. The first-order chi connectivity index (χ1) is 11.8. The molecule has 0 aromatic carbocycles. The largest absolute Gasteiger partial charge is 0.392 e. The molecule has 1 aliphatic rings. The van der Waals surface area contributed by atoms with Crippen LogP contribution < -0.4 is 0 Å². The van der Waals surface area contributed by atoms with Crippen LogP contribution in [-0.2, 0) is 9.59 Å². The Morgan fingerprint density at radius 3 is 2.56 bits per heavy atom. The van der Waals surface area contributed by atoms with E-state index in [1.54, 1.807) is 6.92 Å². The maximum atomic E-state index is 13.8. The third-order valence-corrected chi connectivity index (χ3v) is 5.07. The summed E-state index contributed by atoms with van der Waals surface area (Å²) in [4.78, 5) is 23.9. The van der Waals surface area contributed by atoms with Gasteiger partial charge in [-0.1, -0.05) is 45.3 Å². The standard InChI is InChI=1S/C20H32F2O3/c1-3-5-7-8-9-10-15-16(18(24)14-17(15)23)11-12-19(25)20(21,22)13-6-4-2/h8-9,15-16,18,24H,3-7,10-14H2,1-2H3/b9-8-/t15?,16-,18?/m1/s1. The van der Waals surface area contributed by atoms with E-state index in [4.69, 9.17) is 0 Å². The molecule has 3 atom stereocenters. The van der Waals surface area contributed by atoms with Crippen molar-refractivity contribution in [3.8, 4) is 0 Å². The van der Waals surface area contributed by atoms with Gasteiger partial charge in [0.1, 0.15) is 5.78 Å². The van der Waals surface area contributed by atoms with Gasteiger partial charge in [0.05, 0.1) is 6.10 Å². The first kappa shape index (κ1) is 21.9. The first-order valence-corrected chi connectivity index (χ1v) is 9.60. The van der Waals surface area contributed by atoms with Crippen molar-refractivity contribution >= 4 is 11.6 Å². The molecule has 144 valence electrons. The fourth-order valence-electron chi connectivity index (χ4n) is 3.42. The first-order valence-electron chi connectivity index (χ1n) is 9.60. The van der Waals surface area contributed by atoms with E-state index in [1.807, 2.05) is 12.2 Å². The highest BCUT2D eigenvalue weighted by Gasteiger charge is 2.43. The van der Waals surface area contributed by atoms with E-state index in [0.717, 1.165) is 19.3 Å². The maximum Gasteiger partial charge on any atom is 0.305 e. The number of aliphatic hydroxyl groups excluding tert-OH is 1. The SMILES string of the molecule is CCCC/C=C\CC1C(=O)CC(O)[C@@H]1CCC(=O)C(F)(F)CCCC. The van der Waals surface area contributed by atoms with Gasteiger partial charge >= 0.3 is 5.92 Å². The van der Waals surface area contributed by atoms with Crippen LogP contribution in [0.3, 0.4) is 0 Å². The Hall–Kier alpha value is -1.10. The molecule has 0 aliphatic heterocycles. The molecular weight excluding hydrogens is 326 g/mol. The maximum absolute atomic E-state index is 13.8. The monoisotopic (exact) mass is 358 g/mol. The van der Waals surface area contributed by atoms with Gasteiger partial charge in [0, 0.05) is 25.2 Å². The van der Waals surface area contributed by atoms with Crippen molar-refractivity contribution in [2.24, 2.45) is 11.8 Å². The second-order valence-corrected chi connectivity index (χ2v) is 7.13. The van der Waals surface area contributed by atoms with Gasteiger partial charge in [0.15, 0.2) is 0 Å². The quantitative estimate of drug-likeness (QED) is 0.400. The molecule has 1 aliphatic carbocycles. The predicted molar refractivity (Wildman–Crippen MR) is 94.6 cm³/mol. The minimum Gasteiger partial charge on any atom is -0.392 e. The van der Waals surface area contributed by atoms with Crippen LogP contribution in [-0.4, -0.2) is 28.7 Å². The normalized spacial score (nSPS) is 24.4. The highest BCUT2D eigenvalue weighted by Crippen LogP contribution is 2.36. The molecule has 1 N–H and O–H groups in total. The summed E-state index contributed by atoms with van der Waals surface area (Å²) in [6, 6.07) is 0. The lowest BCUT2D eigenvalue weighted by atomic mass is 9.86. The molecule has 0 bridgehead atoms. The van der Waals surface area contributed by atoms with E-state index in [1.165, 1.54) is 0 Å². The molecule has 0 spiro atoms. The molecule has 3 nitrogen and oxygen atoms in total. The lowest BCUT2D eigenvalue weighted by molar-refractivity contribution is -0.144. The Bertz CT molecular complexity index is 460. The number of rotatable bonds is 12. The summed E-state index contributed by atoms with van der Waals surface area (Å²) in [5.41, 5.74) is 0. The van der Waals surface area contributed by atoms with Crippen LogP contribution in [0.15, 0.2) is 12.2 Å². The molecule has 1 saturated carbocycles. The average molecular weight is 358 g/mol. The Balaban J connectivity index is 2.56. The minimum absolute atomic E-state index is 0.0252. The summed E-state index contributed by atoms with van der Waals surface area (Å²) in [7, 11) is 0. The number of hydrogen-bond donors (Lipinski definition) is 1. The van der Waals surface area contributed by atoms with Crippen molar-refractivity contribution in [3.63, 3.8) is 0 Å². The number of aliphatic hydroxyl groups is 1. The van der Waals surface area contributed by atoms with E-state index in [-0.39, 0.29) is 31.0 Å². The number of ketones is 2. The van der Waals surface area contributed by atoms with Crippen LogP contribution in [0.5, 0.6) is 0 Å². The predicted octanol–water partition coefficient (Wildman–Crippen LogP) is 4.86. The minimum atomic E-state index is -3.29. The highest BCUT2D eigenvalue weighted by molar-refractivity contribution is 5.86. The molecular formula is C20H32F2O3. The van der Waals surface area contributed by atoms with Gasteiger partial charge in [-0.2, -0.15) is 8.78 Å².